The van der Waals surface area contributed by atoms with E-state index in [9.17, 15) is 4.79 Å². The maximum absolute atomic E-state index is 12.5. The van der Waals surface area contributed by atoms with Crippen molar-refractivity contribution in [3.63, 3.8) is 0 Å². The van der Waals surface area contributed by atoms with Crippen LogP contribution in [-0.4, -0.2) is 35.2 Å². The minimum Gasteiger partial charge on any atom is -0.493 e. The summed E-state index contributed by atoms with van der Waals surface area (Å²) in [5, 5.41) is 8.68. The molecule has 1 amide bonds. The van der Waals surface area contributed by atoms with E-state index in [2.05, 4.69) is 16.0 Å². The summed E-state index contributed by atoms with van der Waals surface area (Å²) in [6, 6.07) is 12.8. The number of nitrogens with one attached hydrogen (secondary N) is 3. The highest BCUT2D eigenvalue weighted by Gasteiger charge is 2.34. The maximum atomic E-state index is 12.5. The number of methoxy groups -OCH3 is 2. The molecule has 1 atom stereocenters. The predicted octanol–water partition coefficient (Wildman–Crippen LogP) is 4.35. The molecule has 0 fully saturated rings. The Morgan fingerprint density at radius 1 is 1.07 bits per heavy atom. The standard InChI is InChI=1S/C20H22Cl3N3O3S/c1-12-5-4-6-14(9-12)24-19(30)26-18(20(21,22)23)25-17(27)11-13-7-8-15(28-2)16(10-13)29-3/h4-10,18H,11H2,1-3H3,(H,25,27)(H2,24,26,30). The molecule has 0 spiro atoms. The molecule has 2 aromatic rings. The summed E-state index contributed by atoms with van der Waals surface area (Å²) in [5.41, 5.74) is 2.53. The third-order valence-corrected chi connectivity index (χ3v) is 4.87. The van der Waals surface area contributed by atoms with Crippen LogP contribution >= 0.6 is 47.0 Å². The van der Waals surface area contributed by atoms with Crippen LogP contribution < -0.4 is 25.4 Å². The number of hydrogen-bond acceptors (Lipinski definition) is 4. The average molecular weight is 491 g/mol. The normalized spacial score (nSPS) is 11.9. The monoisotopic (exact) mass is 489 g/mol. The first kappa shape index (κ1) is 24.3. The second-order valence-electron chi connectivity index (χ2n) is 6.38. The number of ether oxygens (including phenoxy) is 2. The Kier molecular flexibility index (Phi) is 8.85. The highest BCUT2D eigenvalue weighted by Crippen LogP contribution is 2.30. The van der Waals surface area contributed by atoms with Gasteiger partial charge in [0.1, 0.15) is 6.17 Å². The van der Waals surface area contributed by atoms with Crippen LogP contribution in [0.1, 0.15) is 11.1 Å². The van der Waals surface area contributed by atoms with Crippen molar-refractivity contribution in [3.8, 4) is 11.5 Å². The second-order valence-corrected chi connectivity index (χ2v) is 9.15. The van der Waals surface area contributed by atoms with Crippen LogP contribution in [-0.2, 0) is 11.2 Å². The van der Waals surface area contributed by atoms with Gasteiger partial charge in [-0.25, -0.2) is 0 Å². The summed E-state index contributed by atoms with van der Waals surface area (Å²) in [6.45, 7) is 1.96. The molecule has 0 aliphatic carbocycles. The van der Waals surface area contributed by atoms with Gasteiger partial charge in [-0.1, -0.05) is 53.0 Å². The van der Waals surface area contributed by atoms with Crippen molar-refractivity contribution in [2.24, 2.45) is 0 Å². The van der Waals surface area contributed by atoms with Crippen molar-refractivity contribution in [1.82, 2.24) is 10.6 Å². The minimum atomic E-state index is -1.84. The van der Waals surface area contributed by atoms with Crippen molar-refractivity contribution in [1.29, 1.82) is 0 Å². The molecule has 162 valence electrons. The Morgan fingerprint density at radius 3 is 2.37 bits per heavy atom. The lowest BCUT2D eigenvalue weighted by molar-refractivity contribution is -0.121. The van der Waals surface area contributed by atoms with Gasteiger partial charge in [-0.2, -0.15) is 0 Å². The zero-order valence-corrected chi connectivity index (χ0v) is 19.7. The third-order valence-electron chi connectivity index (χ3n) is 4.00. The predicted molar refractivity (Wildman–Crippen MR) is 126 cm³/mol. The summed E-state index contributed by atoms with van der Waals surface area (Å²) in [5.74, 6) is 0.710. The lowest BCUT2D eigenvalue weighted by Gasteiger charge is -2.28. The molecule has 0 heterocycles. The molecule has 0 bridgehead atoms. The van der Waals surface area contributed by atoms with Crippen LogP contribution in [0.4, 0.5) is 5.69 Å². The van der Waals surface area contributed by atoms with Gasteiger partial charge in [0.25, 0.3) is 0 Å². The van der Waals surface area contributed by atoms with Gasteiger partial charge in [0.05, 0.1) is 20.6 Å². The number of alkyl halides is 3. The van der Waals surface area contributed by atoms with Crippen LogP contribution in [0.3, 0.4) is 0 Å². The van der Waals surface area contributed by atoms with E-state index >= 15 is 0 Å². The van der Waals surface area contributed by atoms with Crippen LogP contribution in [0.15, 0.2) is 42.5 Å². The largest absolute Gasteiger partial charge is 0.493 e. The molecule has 0 radical (unpaired) electrons. The van der Waals surface area contributed by atoms with E-state index in [1.165, 1.54) is 14.2 Å². The summed E-state index contributed by atoms with van der Waals surface area (Å²) >= 11 is 23.4. The summed E-state index contributed by atoms with van der Waals surface area (Å²) in [6.07, 6.45) is -1.02. The number of benzene rings is 2. The van der Waals surface area contributed by atoms with Crippen molar-refractivity contribution in [2.75, 3.05) is 19.5 Å². The first-order valence-electron chi connectivity index (χ1n) is 8.83. The molecule has 0 saturated heterocycles. The van der Waals surface area contributed by atoms with Crippen molar-refractivity contribution in [2.45, 2.75) is 23.3 Å². The van der Waals surface area contributed by atoms with E-state index in [4.69, 9.17) is 56.5 Å². The number of halogens is 3. The molecule has 2 aromatic carbocycles. The van der Waals surface area contributed by atoms with E-state index in [0.29, 0.717) is 17.1 Å². The molecule has 30 heavy (non-hydrogen) atoms. The molecule has 0 aliphatic rings. The van der Waals surface area contributed by atoms with Crippen LogP contribution in [0, 0.1) is 6.92 Å². The molecule has 0 saturated carbocycles. The lowest BCUT2D eigenvalue weighted by atomic mass is 10.1. The zero-order valence-electron chi connectivity index (χ0n) is 16.6. The van der Waals surface area contributed by atoms with Crippen LogP contribution in [0.5, 0.6) is 11.5 Å². The molecule has 0 aromatic heterocycles. The van der Waals surface area contributed by atoms with Gasteiger partial charge in [0.2, 0.25) is 9.70 Å². The van der Waals surface area contributed by atoms with Gasteiger partial charge in [-0.05, 0) is 54.5 Å². The van der Waals surface area contributed by atoms with E-state index < -0.39 is 9.96 Å². The Balaban J connectivity index is 2.03. The fourth-order valence-corrected chi connectivity index (χ4v) is 3.17. The Morgan fingerprint density at radius 2 is 1.77 bits per heavy atom. The summed E-state index contributed by atoms with van der Waals surface area (Å²) in [7, 11) is 3.06. The van der Waals surface area contributed by atoms with Gasteiger partial charge in [-0.3, -0.25) is 4.79 Å². The first-order chi connectivity index (χ1) is 14.1. The topological polar surface area (TPSA) is 71.6 Å². The molecule has 6 nitrogen and oxygen atoms in total. The Labute approximate surface area is 196 Å². The highest BCUT2D eigenvalue weighted by atomic mass is 35.6. The van der Waals surface area contributed by atoms with Crippen LogP contribution in [0.25, 0.3) is 0 Å². The number of carbonyl (C=O) groups is 1. The molecular formula is C20H22Cl3N3O3S. The number of hydrogen-bond donors (Lipinski definition) is 3. The number of carbonyl (C=O) groups excluding carboxylic acids is 1. The molecule has 3 N–H and O–H groups in total. The van der Waals surface area contributed by atoms with E-state index in [1.54, 1.807) is 18.2 Å². The second kappa shape index (κ2) is 10.9. The average Bonchev–Trinajstić information content (AvgIpc) is 2.66. The fourth-order valence-electron chi connectivity index (χ4n) is 2.61. The first-order valence-corrected chi connectivity index (χ1v) is 10.4. The van der Waals surface area contributed by atoms with Gasteiger partial charge >= 0.3 is 0 Å². The summed E-state index contributed by atoms with van der Waals surface area (Å²) < 4.78 is 8.61. The van der Waals surface area contributed by atoms with E-state index in [0.717, 1.165) is 11.3 Å². The molecule has 0 aliphatic heterocycles. The van der Waals surface area contributed by atoms with Gasteiger partial charge in [-0.15, -0.1) is 0 Å². The quantitative estimate of drug-likeness (QED) is 0.304. The third kappa shape index (κ3) is 7.40. The van der Waals surface area contributed by atoms with Crippen molar-refractivity contribution in [3.05, 3.63) is 53.6 Å². The summed E-state index contributed by atoms with van der Waals surface area (Å²) in [4.78, 5) is 12.5. The number of rotatable bonds is 7. The Bertz CT molecular complexity index is 906. The van der Waals surface area contributed by atoms with Crippen LogP contribution in [0.2, 0.25) is 0 Å². The van der Waals surface area contributed by atoms with E-state index in [1.807, 2.05) is 31.2 Å². The minimum absolute atomic E-state index is 0.0390. The van der Waals surface area contributed by atoms with Crippen molar-refractivity contribution < 1.29 is 14.3 Å². The van der Waals surface area contributed by atoms with Gasteiger partial charge in [0, 0.05) is 5.69 Å². The smallest absolute Gasteiger partial charge is 0.228 e. The fraction of sp³-hybridized carbons (Fsp3) is 0.300. The SMILES string of the molecule is COc1ccc(CC(=O)NC(NC(=S)Nc2cccc(C)c2)C(Cl)(Cl)Cl)cc1OC. The highest BCUT2D eigenvalue weighted by molar-refractivity contribution is 7.80. The number of anilines is 1. The zero-order chi connectivity index (χ0) is 22.3. The van der Waals surface area contributed by atoms with Crippen molar-refractivity contribution >= 4 is 63.7 Å². The number of thiocarbonyl (C=S) groups is 1. The number of aryl methyl sites for hydroxylation is 1. The lowest BCUT2D eigenvalue weighted by Crippen LogP contribution is -2.56. The number of amides is 1. The molecule has 2 rings (SSSR count). The maximum Gasteiger partial charge on any atom is 0.228 e. The molecular weight excluding hydrogens is 469 g/mol. The van der Waals surface area contributed by atoms with Gasteiger partial charge < -0.3 is 25.4 Å². The molecule has 10 heteroatoms. The molecule has 1 unspecified atom stereocenters. The van der Waals surface area contributed by atoms with Gasteiger partial charge in [0.15, 0.2) is 16.6 Å². The van der Waals surface area contributed by atoms with E-state index in [-0.39, 0.29) is 17.4 Å². The Hall–Kier alpha value is -1.93.